The maximum Gasteiger partial charge on any atom is 0.420 e. The number of hydrogen-bond donors (Lipinski definition) is 1. The van der Waals surface area contributed by atoms with Gasteiger partial charge in [0.05, 0.1) is 11.1 Å². The molecule has 1 heterocycles. The number of nitrogens with one attached hydrogen (secondary N) is 1. The predicted octanol–water partition coefficient (Wildman–Crippen LogP) is 3.83. The molecule has 1 aromatic carbocycles. The Labute approximate surface area is 129 Å². The Bertz CT molecular complexity index is 723. The lowest BCUT2D eigenvalue weighted by Gasteiger charge is -2.21. The molecule has 2 rings (SSSR count). The van der Waals surface area contributed by atoms with E-state index in [-0.39, 0.29) is 0 Å². The average Bonchev–Trinajstić information content (AvgIpc) is 2.76. The van der Waals surface area contributed by atoms with Crippen molar-refractivity contribution < 1.29 is 14.3 Å². The third-order valence-corrected chi connectivity index (χ3v) is 3.02. The molecule has 0 aliphatic rings. The molecule has 0 aliphatic carbocycles. The predicted molar refractivity (Wildman–Crippen MR) is 87.6 cm³/mol. The SMILES string of the molecule is C=CCNc1c(C=O)c2ccccc2n1C(=O)OC(C)(C)C. The Hall–Kier alpha value is -2.56. The molecule has 0 unspecified atom stereocenters. The average molecular weight is 300 g/mol. The van der Waals surface area contributed by atoms with Crippen LogP contribution in [0.1, 0.15) is 31.1 Å². The zero-order valence-corrected chi connectivity index (χ0v) is 13.1. The number of hydrogen-bond acceptors (Lipinski definition) is 4. The fourth-order valence-electron chi connectivity index (χ4n) is 2.22. The summed E-state index contributed by atoms with van der Waals surface area (Å²) >= 11 is 0. The molecule has 0 atom stereocenters. The number of ether oxygens (including phenoxy) is 1. The summed E-state index contributed by atoms with van der Waals surface area (Å²) in [6.07, 6.45) is 1.88. The number of rotatable bonds is 4. The summed E-state index contributed by atoms with van der Waals surface area (Å²) in [6, 6.07) is 7.23. The molecule has 0 bridgehead atoms. The smallest absolute Gasteiger partial charge is 0.420 e. The van der Waals surface area contributed by atoms with Gasteiger partial charge in [-0.3, -0.25) is 4.79 Å². The van der Waals surface area contributed by atoms with E-state index in [1.54, 1.807) is 39.0 Å². The topological polar surface area (TPSA) is 60.3 Å². The maximum absolute atomic E-state index is 12.5. The number of aldehydes is 1. The lowest BCUT2D eigenvalue weighted by atomic mass is 10.2. The van der Waals surface area contributed by atoms with Crippen molar-refractivity contribution in [1.82, 2.24) is 4.57 Å². The minimum Gasteiger partial charge on any atom is -0.443 e. The highest BCUT2D eigenvalue weighted by Gasteiger charge is 2.25. The van der Waals surface area contributed by atoms with Gasteiger partial charge in [0.2, 0.25) is 0 Å². The van der Waals surface area contributed by atoms with Crippen molar-refractivity contribution in [2.75, 3.05) is 11.9 Å². The Morgan fingerprint density at radius 3 is 2.64 bits per heavy atom. The van der Waals surface area contributed by atoms with Crippen LogP contribution in [-0.2, 0) is 4.74 Å². The first kappa shape index (κ1) is 15.8. The van der Waals surface area contributed by atoms with Gasteiger partial charge in [-0.05, 0) is 26.8 Å². The first-order valence-electron chi connectivity index (χ1n) is 7.05. The first-order valence-corrected chi connectivity index (χ1v) is 7.05. The van der Waals surface area contributed by atoms with Gasteiger partial charge in [-0.2, -0.15) is 0 Å². The molecule has 1 N–H and O–H groups in total. The molecule has 2 aromatic rings. The lowest BCUT2D eigenvalue weighted by Crippen LogP contribution is -2.28. The standard InChI is InChI=1S/C17H20N2O3/c1-5-10-18-15-13(11-20)12-8-6-7-9-14(12)19(15)16(21)22-17(2,3)4/h5-9,11,18H,1,10H2,2-4H3. The highest BCUT2D eigenvalue weighted by Crippen LogP contribution is 2.30. The molecule has 0 radical (unpaired) electrons. The van der Waals surface area contributed by atoms with Crippen molar-refractivity contribution in [1.29, 1.82) is 0 Å². The Morgan fingerprint density at radius 2 is 2.05 bits per heavy atom. The molecule has 0 amide bonds. The van der Waals surface area contributed by atoms with Crippen molar-refractivity contribution >= 4 is 29.1 Å². The van der Waals surface area contributed by atoms with Gasteiger partial charge < -0.3 is 10.1 Å². The maximum atomic E-state index is 12.5. The van der Waals surface area contributed by atoms with Gasteiger partial charge in [-0.25, -0.2) is 9.36 Å². The van der Waals surface area contributed by atoms with E-state index in [4.69, 9.17) is 4.74 Å². The van der Waals surface area contributed by atoms with Crippen molar-refractivity contribution in [3.63, 3.8) is 0 Å². The van der Waals surface area contributed by atoms with Crippen LogP contribution in [0.4, 0.5) is 10.6 Å². The molecule has 116 valence electrons. The van der Waals surface area contributed by atoms with E-state index in [1.165, 1.54) is 4.57 Å². The number of anilines is 1. The van der Waals surface area contributed by atoms with Crippen LogP contribution in [0.15, 0.2) is 36.9 Å². The molecule has 0 saturated heterocycles. The van der Waals surface area contributed by atoms with Crippen LogP contribution in [0.25, 0.3) is 10.9 Å². The van der Waals surface area contributed by atoms with Gasteiger partial charge in [-0.1, -0.05) is 24.3 Å². The number of benzene rings is 1. The van der Waals surface area contributed by atoms with E-state index in [9.17, 15) is 9.59 Å². The second-order valence-electron chi connectivity index (χ2n) is 5.88. The van der Waals surface area contributed by atoms with Crippen molar-refractivity contribution in [3.05, 3.63) is 42.5 Å². The normalized spacial score (nSPS) is 11.2. The molecule has 22 heavy (non-hydrogen) atoms. The molecular formula is C17H20N2O3. The highest BCUT2D eigenvalue weighted by molar-refractivity contribution is 6.07. The summed E-state index contributed by atoms with van der Waals surface area (Å²) in [5.41, 5.74) is 0.438. The summed E-state index contributed by atoms with van der Waals surface area (Å²) in [6.45, 7) is 9.47. The molecule has 0 aliphatic heterocycles. The Morgan fingerprint density at radius 1 is 1.36 bits per heavy atom. The van der Waals surface area contributed by atoms with Crippen LogP contribution in [0.3, 0.4) is 0 Å². The van der Waals surface area contributed by atoms with Crippen molar-refractivity contribution in [3.8, 4) is 0 Å². The second kappa shape index (κ2) is 6.05. The second-order valence-corrected chi connectivity index (χ2v) is 5.88. The van der Waals surface area contributed by atoms with E-state index < -0.39 is 11.7 Å². The van der Waals surface area contributed by atoms with Crippen molar-refractivity contribution in [2.24, 2.45) is 0 Å². The van der Waals surface area contributed by atoms with Crippen molar-refractivity contribution in [2.45, 2.75) is 26.4 Å². The third-order valence-electron chi connectivity index (χ3n) is 3.02. The molecular weight excluding hydrogens is 280 g/mol. The minimum atomic E-state index is -0.625. The van der Waals surface area contributed by atoms with Gasteiger partial charge in [-0.15, -0.1) is 6.58 Å². The summed E-state index contributed by atoms with van der Waals surface area (Å²) in [7, 11) is 0. The van der Waals surface area contributed by atoms with Crippen LogP contribution in [-0.4, -0.2) is 29.1 Å². The van der Waals surface area contributed by atoms with E-state index >= 15 is 0 Å². The van der Waals surface area contributed by atoms with Crippen LogP contribution in [0.5, 0.6) is 0 Å². The van der Waals surface area contributed by atoms with Gasteiger partial charge in [0.1, 0.15) is 11.4 Å². The van der Waals surface area contributed by atoms with Gasteiger partial charge in [0, 0.05) is 11.9 Å². The number of nitrogens with zero attached hydrogens (tertiary/aromatic N) is 1. The molecule has 0 spiro atoms. The van der Waals surface area contributed by atoms with E-state index in [0.717, 1.165) is 6.29 Å². The highest BCUT2D eigenvalue weighted by atomic mass is 16.6. The van der Waals surface area contributed by atoms with Crippen LogP contribution in [0, 0.1) is 0 Å². The van der Waals surface area contributed by atoms with Gasteiger partial charge in [0.15, 0.2) is 6.29 Å². The number of aromatic nitrogens is 1. The van der Waals surface area contributed by atoms with E-state index in [2.05, 4.69) is 11.9 Å². The minimum absolute atomic E-state index is 0.422. The summed E-state index contributed by atoms with van der Waals surface area (Å²) in [5, 5.41) is 3.76. The Kier molecular flexibility index (Phi) is 4.35. The van der Waals surface area contributed by atoms with E-state index in [0.29, 0.717) is 28.8 Å². The zero-order valence-electron chi connectivity index (χ0n) is 13.1. The summed E-state index contributed by atoms with van der Waals surface area (Å²) in [5.74, 6) is 0.422. The Balaban J connectivity index is 2.66. The number of carbonyl (C=O) groups excluding carboxylic acids is 2. The van der Waals surface area contributed by atoms with Crippen LogP contribution in [0.2, 0.25) is 0 Å². The van der Waals surface area contributed by atoms with Gasteiger partial charge in [0.25, 0.3) is 0 Å². The molecule has 0 fully saturated rings. The first-order chi connectivity index (χ1) is 10.4. The summed E-state index contributed by atoms with van der Waals surface area (Å²) in [4.78, 5) is 24.0. The van der Waals surface area contributed by atoms with Crippen LogP contribution < -0.4 is 5.32 Å². The fraction of sp³-hybridized carbons (Fsp3) is 0.294. The number of fused-ring (bicyclic) bond motifs is 1. The largest absolute Gasteiger partial charge is 0.443 e. The van der Waals surface area contributed by atoms with E-state index in [1.807, 2.05) is 12.1 Å². The summed E-state index contributed by atoms with van der Waals surface area (Å²) < 4.78 is 6.85. The monoisotopic (exact) mass is 300 g/mol. The molecule has 5 heteroatoms. The molecule has 1 aromatic heterocycles. The fourth-order valence-corrected chi connectivity index (χ4v) is 2.22. The number of carbonyl (C=O) groups is 2. The molecule has 0 saturated carbocycles. The molecule has 5 nitrogen and oxygen atoms in total. The quantitative estimate of drug-likeness (QED) is 0.688. The number of para-hydroxylation sites is 1. The zero-order chi connectivity index (χ0) is 16.3. The third kappa shape index (κ3) is 3.03. The lowest BCUT2D eigenvalue weighted by molar-refractivity contribution is 0.0548. The van der Waals surface area contributed by atoms with Gasteiger partial charge >= 0.3 is 6.09 Å². The van der Waals surface area contributed by atoms with Crippen LogP contribution >= 0.6 is 0 Å².